The first kappa shape index (κ1) is 16.3. The summed E-state index contributed by atoms with van der Waals surface area (Å²) in [7, 11) is 0. The molecule has 1 aliphatic heterocycles. The first-order valence-corrected chi connectivity index (χ1v) is 8.72. The van der Waals surface area contributed by atoms with Gasteiger partial charge in [0.1, 0.15) is 0 Å². The van der Waals surface area contributed by atoms with Crippen molar-refractivity contribution >= 4 is 21.8 Å². The van der Waals surface area contributed by atoms with Crippen LogP contribution >= 0.6 is 0 Å². The summed E-state index contributed by atoms with van der Waals surface area (Å²) in [5.74, 6) is 0. The summed E-state index contributed by atoms with van der Waals surface area (Å²) in [5, 5.41) is 12.1. The van der Waals surface area contributed by atoms with Crippen molar-refractivity contribution in [3.8, 4) is 0 Å². The molecular weight excluding hydrogens is 316 g/mol. The lowest BCUT2D eigenvalue weighted by Crippen LogP contribution is -2.42. The lowest BCUT2D eigenvalue weighted by atomic mass is 10.1. The number of aromatic nitrogens is 1. The molecule has 0 spiro atoms. The van der Waals surface area contributed by atoms with Gasteiger partial charge in [0.2, 0.25) is 0 Å². The van der Waals surface area contributed by atoms with Crippen LogP contribution in [-0.4, -0.2) is 53.5 Å². The number of aliphatic hydroxyl groups is 1. The van der Waals surface area contributed by atoms with E-state index in [4.69, 9.17) is 4.74 Å². The second-order valence-electron chi connectivity index (χ2n) is 6.54. The van der Waals surface area contributed by atoms with Crippen molar-refractivity contribution < 1.29 is 9.84 Å². The van der Waals surface area contributed by atoms with Gasteiger partial charge in [0, 0.05) is 30.4 Å². The first-order valence-electron chi connectivity index (χ1n) is 8.72. The second-order valence-corrected chi connectivity index (χ2v) is 6.54. The van der Waals surface area contributed by atoms with Crippen LogP contribution in [0.3, 0.4) is 0 Å². The highest BCUT2D eigenvalue weighted by molar-refractivity contribution is 5.93. The Morgan fingerprint density at radius 3 is 2.08 bits per heavy atom. The number of hydrogen-bond donors (Lipinski definition) is 1. The Kier molecular flexibility index (Phi) is 4.53. The molecular formula is C20H22N2O3. The third-order valence-corrected chi connectivity index (χ3v) is 4.84. The zero-order valence-corrected chi connectivity index (χ0v) is 14.1. The summed E-state index contributed by atoms with van der Waals surface area (Å²) in [5.41, 5.74) is 1.78. The standard InChI is InChI=1S/C20H22N2O3/c23-15(13-21-9-11-25-12-10-21)14-22-18-7-3-1-5-16(18)20(24)17-6-2-4-8-19(17)22/h1-8,15,23H,9-14H2/t15-/m1/s1. The number of β-amino-alcohol motifs (C(OH)–C–C–N with tert-alkyl or cyclic N) is 1. The predicted octanol–water partition coefficient (Wildman–Crippen LogP) is 1.85. The van der Waals surface area contributed by atoms with Crippen LogP contribution in [0, 0.1) is 0 Å². The minimum Gasteiger partial charge on any atom is -0.390 e. The topological polar surface area (TPSA) is 54.7 Å². The van der Waals surface area contributed by atoms with Crippen molar-refractivity contribution in [2.45, 2.75) is 12.6 Å². The summed E-state index contributed by atoms with van der Waals surface area (Å²) in [4.78, 5) is 15.0. The SMILES string of the molecule is O=c1c2ccccc2n(C[C@H](O)CN2CCOCC2)c2ccccc12. The fourth-order valence-electron chi connectivity index (χ4n) is 3.62. The van der Waals surface area contributed by atoms with Gasteiger partial charge in [-0.3, -0.25) is 9.69 Å². The maximum Gasteiger partial charge on any atom is 0.197 e. The molecule has 130 valence electrons. The second kappa shape index (κ2) is 6.96. The molecule has 0 aliphatic carbocycles. The van der Waals surface area contributed by atoms with Gasteiger partial charge < -0.3 is 14.4 Å². The Hall–Kier alpha value is -2.21. The van der Waals surface area contributed by atoms with E-state index in [-0.39, 0.29) is 5.43 Å². The van der Waals surface area contributed by atoms with Crippen molar-refractivity contribution in [3.63, 3.8) is 0 Å². The predicted molar refractivity (Wildman–Crippen MR) is 99.0 cm³/mol. The average Bonchev–Trinajstić information content (AvgIpc) is 2.66. The van der Waals surface area contributed by atoms with Gasteiger partial charge in [-0.05, 0) is 24.3 Å². The van der Waals surface area contributed by atoms with E-state index in [1.165, 1.54) is 0 Å². The number of aliphatic hydroxyl groups excluding tert-OH is 1. The number of morpholine rings is 1. The Labute approximate surface area is 146 Å². The van der Waals surface area contributed by atoms with Crippen molar-refractivity contribution in [2.75, 3.05) is 32.8 Å². The summed E-state index contributed by atoms with van der Waals surface area (Å²) < 4.78 is 7.43. The Bertz CT molecular complexity index is 884. The summed E-state index contributed by atoms with van der Waals surface area (Å²) >= 11 is 0. The van der Waals surface area contributed by atoms with E-state index in [9.17, 15) is 9.90 Å². The van der Waals surface area contributed by atoms with E-state index in [0.29, 0.717) is 23.9 Å². The van der Waals surface area contributed by atoms with Crippen molar-refractivity contribution in [1.29, 1.82) is 0 Å². The van der Waals surface area contributed by atoms with Crippen LogP contribution in [0.5, 0.6) is 0 Å². The lowest BCUT2D eigenvalue weighted by Gasteiger charge is -2.29. The Morgan fingerprint density at radius 1 is 0.920 bits per heavy atom. The molecule has 0 unspecified atom stereocenters. The molecule has 2 aromatic carbocycles. The highest BCUT2D eigenvalue weighted by Crippen LogP contribution is 2.19. The van der Waals surface area contributed by atoms with Gasteiger partial charge in [0.05, 0.1) is 36.9 Å². The molecule has 0 amide bonds. The normalized spacial score (nSPS) is 17.2. The number of pyridine rings is 1. The molecule has 0 saturated carbocycles. The zero-order chi connectivity index (χ0) is 17.2. The van der Waals surface area contributed by atoms with Crippen LogP contribution in [0.15, 0.2) is 53.3 Å². The molecule has 2 heterocycles. The number of hydrogen-bond acceptors (Lipinski definition) is 4. The quantitative estimate of drug-likeness (QED) is 0.738. The van der Waals surface area contributed by atoms with E-state index in [0.717, 1.165) is 37.3 Å². The smallest absolute Gasteiger partial charge is 0.197 e. The molecule has 1 N–H and O–H groups in total. The molecule has 0 radical (unpaired) electrons. The number of rotatable bonds is 4. The molecule has 25 heavy (non-hydrogen) atoms. The molecule has 4 rings (SSSR count). The van der Waals surface area contributed by atoms with Gasteiger partial charge in [0.25, 0.3) is 0 Å². The van der Waals surface area contributed by atoms with E-state index in [2.05, 4.69) is 9.47 Å². The highest BCUT2D eigenvalue weighted by atomic mass is 16.5. The van der Waals surface area contributed by atoms with E-state index >= 15 is 0 Å². The number of para-hydroxylation sites is 2. The minimum atomic E-state index is -0.507. The molecule has 1 fully saturated rings. The molecule has 1 atom stereocenters. The molecule has 1 saturated heterocycles. The van der Waals surface area contributed by atoms with Gasteiger partial charge in [-0.2, -0.15) is 0 Å². The maximum absolute atomic E-state index is 12.7. The minimum absolute atomic E-state index is 0.0464. The number of benzene rings is 2. The van der Waals surface area contributed by atoms with Crippen LogP contribution in [0.1, 0.15) is 0 Å². The van der Waals surface area contributed by atoms with E-state index < -0.39 is 6.10 Å². The third-order valence-electron chi connectivity index (χ3n) is 4.84. The first-order chi connectivity index (χ1) is 12.2. The Balaban J connectivity index is 1.74. The molecule has 5 heteroatoms. The zero-order valence-electron chi connectivity index (χ0n) is 14.1. The van der Waals surface area contributed by atoms with Crippen LogP contribution in [0.4, 0.5) is 0 Å². The third kappa shape index (κ3) is 3.18. The van der Waals surface area contributed by atoms with Crippen LogP contribution < -0.4 is 5.43 Å². The van der Waals surface area contributed by atoms with Crippen molar-refractivity contribution in [2.24, 2.45) is 0 Å². The molecule has 1 aliphatic rings. The van der Waals surface area contributed by atoms with Crippen LogP contribution in [-0.2, 0) is 11.3 Å². The molecule has 3 aromatic rings. The highest BCUT2D eigenvalue weighted by Gasteiger charge is 2.17. The molecule has 1 aromatic heterocycles. The van der Waals surface area contributed by atoms with Gasteiger partial charge in [0.15, 0.2) is 5.43 Å². The molecule has 5 nitrogen and oxygen atoms in total. The van der Waals surface area contributed by atoms with Crippen molar-refractivity contribution in [3.05, 3.63) is 58.8 Å². The average molecular weight is 338 g/mol. The number of nitrogens with zero attached hydrogens (tertiary/aromatic N) is 2. The monoisotopic (exact) mass is 338 g/mol. The summed E-state index contributed by atoms with van der Waals surface area (Å²) in [6.45, 7) is 4.20. The van der Waals surface area contributed by atoms with Crippen molar-refractivity contribution in [1.82, 2.24) is 9.47 Å². The van der Waals surface area contributed by atoms with Gasteiger partial charge in [-0.15, -0.1) is 0 Å². The fourth-order valence-corrected chi connectivity index (χ4v) is 3.62. The maximum atomic E-state index is 12.7. The van der Waals surface area contributed by atoms with Gasteiger partial charge in [-0.25, -0.2) is 0 Å². The molecule has 0 bridgehead atoms. The Morgan fingerprint density at radius 2 is 1.48 bits per heavy atom. The number of ether oxygens (including phenoxy) is 1. The van der Waals surface area contributed by atoms with Gasteiger partial charge in [-0.1, -0.05) is 24.3 Å². The largest absolute Gasteiger partial charge is 0.390 e. The van der Waals surface area contributed by atoms with E-state index in [1.54, 1.807) is 0 Å². The lowest BCUT2D eigenvalue weighted by molar-refractivity contribution is 0.0119. The van der Waals surface area contributed by atoms with Crippen LogP contribution in [0.2, 0.25) is 0 Å². The van der Waals surface area contributed by atoms with Crippen LogP contribution in [0.25, 0.3) is 21.8 Å². The summed E-state index contributed by atoms with van der Waals surface area (Å²) in [6.07, 6.45) is -0.507. The fraction of sp³-hybridized carbons (Fsp3) is 0.350. The van der Waals surface area contributed by atoms with E-state index in [1.807, 2.05) is 48.5 Å². The van der Waals surface area contributed by atoms with Gasteiger partial charge >= 0.3 is 0 Å². The summed E-state index contributed by atoms with van der Waals surface area (Å²) in [6, 6.07) is 15.2. The number of fused-ring (bicyclic) bond motifs is 2.